The summed E-state index contributed by atoms with van der Waals surface area (Å²) in [6, 6.07) is 0. The third-order valence-corrected chi connectivity index (χ3v) is 3.17. The number of fused-ring (bicyclic) bond motifs is 1. The molecule has 0 saturated carbocycles. The Hall–Kier alpha value is -1.58. The van der Waals surface area contributed by atoms with Gasteiger partial charge in [-0.05, 0) is 31.7 Å². The van der Waals surface area contributed by atoms with E-state index in [1.165, 1.54) is 0 Å². The number of esters is 1. The van der Waals surface area contributed by atoms with Crippen LogP contribution in [0.3, 0.4) is 0 Å². The molecule has 1 aromatic heterocycles. The molecule has 0 saturated heterocycles. The summed E-state index contributed by atoms with van der Waals surface area (Å²) in [6.07, 6.45) is 1.38. The summed E-state index contributed by atoms with van der Waals surface area (Å²) >= 11 is 0. The van der Waals surface area contributed by atoms with Crippen molar-refractivity contribution in [2.75, 3.05) is 6.61 Å². The summed E-state index contributed by atoms with van der Waals surface area (Å²) in [5.74, 6) is 0.0889. The molecular weight excluding hydrogens is 218 g/mol. The lowest BCUT2D eigenvalue weighted by Gasteiger charge is -2.17. The van der Waals surface area contributed by atoms with Gasteiger partial charge in [-0.1, -0.05) is 6.92 Å². The highest BCUT2D eigenvalue weighted by molar-refractivity contribution is 6.03. The van der Waals surface area contributed by atoms with E-state index in [1.807, 2.05) is 6.92 Å². The van der Waals surface area contributed by atoms with Crippen molar-refractivity contribution in [2.24, 2.45) is 5.92 Å². The summed E-state index contributed by atoms with van der Waals surface area (Å²) in [5.41, 5.74) is 2.75. The molecule has 1 unspecified atom stereocenters. The van der Waals surface area contributed by atoms with Gasteiger partial charge in [0.05, 0.1) is 6.61 Å². The van der Waals surface area contributed by atoms with Gasteiger partial charge in [0.25, 0.3) is 0 Å². The number of nitrogens with one attached hydrogen (secondary N) is 1. The molecule has 0 amide bonds. The molecule has 1 N–H and O–H groups in total. The maximum absolute atomic E-state index is 11.9. The predicted molar refractivity (Wildman–Crippen MR) is 63.3 cm³/mol. The van der Waals surface area contributed by atoms with Gasteiger partial charge in [0, 0.05) is 17.7 Å². The van der Waals surface area contributed by atoms with Crippen molar-refractivity contribution in [1.29, 1.82) is 0 Å². The molecule has 0 aliphatic heterocycles. The van der Waals surface area contributed by atoms with E-state index in [0.717, 1.165) is 17.7 Å². The highest BCUT2D eigenvalue weighted by atomic mass is 16.5. The third kappa shape index (κ3) is 1.99. The molecule has 92 valence electrons. The summed E-state index contributed by atoms with van der Waals surface area (Å²) < 4.78 is 4.97. The number of aromatic nitrogens is 1. The molecule has 17 heavy (non-hydrogen) atoms. The van der Waals surface area contributed by atoms with E-state index in [-0.39, 0.29) is 11.8 Å². The highest BCUT2D eigenvalue weighted by Gasteiger charge is 2.29. The van der Waals surface area contributed by atoms with Crippen LogP contribution in [0.2, 0.25) is 0 Å². The van der Waals surface area contributed by atoms with Gasteiger partial charge in [0.1, 0.15) is 5.69 Å². The van der Waals surface area contributed by atoms with E-state index in [0.29, 0.717) is 30.2 Å². The molecule has 1 aliphatic rings. The second-order valence-corrected chi connectivity index (χ2v) is 4.64. The lowest BCUT2D eigenvalue weighted by Crippen LogP contribution is -2.17. The van der Waals surface area contributed by atoms with E-state index in [2.05, 4.69) is 4.98 Å². The molecule has 1 aromatic rings. The number of hydrogen-bond acceptors (Lipinski definition) is 3. The summed E-state index contributed by atoms with van der Waals surface area (Å²) in [4.78, 5) is 26.7. The fourth-order valence-electron chi connectivity index (χ4n) is 2.44. The maximum Gasteiger partial charge on any atom is 0.355 e. The lowest BCUT2D eigenvalue weighted by molar-refractivity contribution is 0.0519. The number of hydrogen-bond donors (Lipinski definition) is 1. The molecule has 1 aliphatic carbocycles. The molecule has 1 atom stereocenters. The second kappa shape index (κ2) is 4.35. The van der Waals surface area contributed by atoms with Crippen molar-refractivity contribution < 1.29 is 14.3 Å². The zero-order valence-electron chi connectivity index (χ0n) is 10.4. The van der Waals surface area contributed by atoms with Crippen LogP contribution in [0.1, 0.15) is 52.4 Å². The monoisotopic (exact) mass is 235 g/mol. The van der Waals surface area contributed by atoms with Crippen molar-refractivity contribution in [2.45, 2.75) is 33.6 Å². The molecule has 0 fully saturated rings. The average Bonchev–Trinajstić information content (AvgIpc) is 2.56. The van der Waals surface area contributed by atoms with Crippen molar-refractivity contribution >= 4 is 11.8 Å². The normalized spacial score (nSPS) is 19.0. The molecule has 4 nitrogen and oxygen atoms in total. The number of rotatable bonds is 2. The first kappa shape index (κ1) is 11.9. The Morgan fingerprint density at radius 1 is 1.47 bits per heavy atom. The SMILES string of the molecule is CCOC(=O)c1[nH]c2c(c1C)C(=O)CC(C)C2. The summed E-state index contributed by atoms with van der Waals surface area (Å²) in [7, 11) is 0. The molecule has 0 bridgehead atoms. The largest absolute Gasteiger partial charge is 0.461 e. The van der Waals surface area contributed by atoms with E-state index in [4.69, 9.17) is 4.74 Å². The van der Waals surface area contributed by atoms with Crippen molar-refractivity contribution in [3.8, 4) is 0 Å². The van der Waals surface area contributed by atoms with E-state index < -0.39 is 0 Å². The van der Waals surface area contributed by atoms with E-state index in [9.17, 15) is 9.59 Å². The van der Waals surface area contributed by atoms with E-state index >= 15 is 0 Å². The molecule has 4 heteroatoms. The van der Waals surface area contributed by atoms with Gasteiger partial charge >= 0.3 is 5.97 Å². The van der Waals surface area contributed by atoms with Crippen LogP contribution in [0.25, 0.3) is 0 Å². The number of ether oxygens (including phenoxy) is 1. The minimum absolute atomic E-state index is 0.128. The van der Waals surface area contributed by atoms with Crippen molar-refractivity contribution in [3.63, 3.8) is 0 Å². The van der Waals surface area contributed by atoms with Gasteiger partial charge in [-0.25, -0.2) is 4.79 Å². The topological polar surface area (TPSA) is 59.2 Å². The minimum atomic E-state index is -0.375. The Bertz CT molecular complexity index is 473. The number of Topliss-reactive ketones (excluding diaryl/α,β-unsaturated/α-hetero) is 1. The van der Waals surface area contributed by atoms with Crippen molar-refractivity contribution in [1.82, 2.24) is 4.98 Å². The van der Waals surface area contributed by atoms with Crippen LogP contribution < -0.4 is 0 Å². The molecule has 0 radical (unpaired) electrons. The number of ketones is 1. The molecule has 0 spiro atoms. The van der Waals surface area contributed by atoms with Crippen LogP contribution in [0.5, 0.6) is 0 Å². The zero-order valence-corrected chi connectivity index (χ0v) is 10.4. The maximum atomic E-state index is 11.9. The lowest BCUT2D eigenvalue weighted by atomic mass is 9.87. The van der Waals surface area contributed by atoms with E-state index in [1.54, 1.807) is 13.8 Å². The fraction of sp³-hybridized carbons (Fsp3) is 0.538. The molecule has 0 aromatic carbocycles. The second-order valence-electron chi connectivity index (χ2n) is 4.64. The van der Waals surface area contributed by atoms with Gasteiger partial charge < -0.3 is 9.72 Å². The Morgan fingerprint density at radius 3 is 2.82 bits per heavy atom. The number of carbonyl (C=O) groups is 2. The average molecular weight is 235 g/mol. The van der Waals surface area contributed by atoms with Crippen LogP contribution >= 0.6 is 0 Å². The zero-order chi connectivity index (χ0) is 12.6. The summed E-state index contributed by atoms with van der Waals surface area (Å²) in [5, 5.41) is 0. The Labute approximate surface area is 100 Å². The molecule has 2 rings (SSSR count). The van der Waals surface area contributed by atoms with Gasteiger partial charge in [0.2, 0.25) is 0 Å². The minimum Gasteiger partial charge on any atom is -0.461 e. The Balaban J connectivity index is 2.42. The third-order valence-electron chi connectivity index (χ3n) is 3.17. The Kier molecular flexibility index (Phi) is 3.05. The van der Waals surface area contributed by atoms with Crippen LogP contribution in [-0.2, 0) is 11.2 Å². The highest BCUT2D eigenvalue weighted by Crippen LogP contribution is 2.29. The van der Waals surface area contributed by atoms with Gasteiger partial charge in [-0.3, -0.25) is 4.79 Å². The standard InChI is InChI=1S/C13H17NO3/c1-4-17-13(16)12-8(3)11-9(14-12)5-7(2)6-10(11)15/h7,14H,4-6H2,1-3H3. The quantitative estimate of drug-likeness (QED) is 0.800. The Morgan fingerprint density at radius 2 is 2.18 bits per heavy atom. The first-order valence-corrected chi connectivity index (χ1v) is 5.96. The van der Waals surface area contributed by atoms with Gasteiger partial charge in [-0.2, -0.15) is 0 Å². The number of H-pyrrole nitrogens is 1. The fourth-order valence-corrected chi connectivity index (χ4v) is 2.44. The van der Waals surface area contributed by atoms with Gasteiger partial charge in [0.15, 0.2) is 5.78 Å². The first-order chi connectivity index (χ1) is 8.04. The molecule has 1 heterocycles. The van der Waals surface area contributed by atoms with Crippen LogP contribution in [0, 0.1) is 12.8 Å². The first-order valence-electron chi connectivity index (χ1n) is 5.96. The van der Waals surface area contributed by atoms with Crippen LogP contribution in [-0.4, -0.2) is 23.3 Å². The van der Waals surface area contributed by atoms with Gasteiger partial charge in [-0.15, -0.1) is 0 Å². The molecular formula is C13H17NO3. The van der Waals surface area contributed by atoms with Crippen LogP contribution in [0.15, 0.2) is 0 Å². The smallest absolute Gasteiger partial charge is 0.355 e. The van der Waals surface area contributed by atoms with Crippen LogP contribution in [0.4, 0.5) is 0 Å². The van der Waals surface area contributed by atoms with Crippen molar-refractivity contribution in [3.05, 3.63) is 22.5 Å². The number of carbonyl (C=O) groups excluding carboxylic acids is 2. The summed E-state index contributed by atoms with van der Waals surface area (Å²) in [6.45, 7) is 5.95. The number of aromatic amines is 1. The predicted octanol–water partition coefficient (Wildman–Crippen LogP) is 2.26.